The molecule has 2 aliphatic heterocycles. The first-order valence-corrected chi connectivity index (χ1v) is 14.4. The molecule has 3 aromatic rings. The highest BCUT2D eigenvalue weighted by molar-refractivity contribution is 5.99. The number of hydrogen-bond donors (Lipinski definition) is 0. The van der Waals surface area contributed by atoms with Crippen LogP contribution < -0.4 is 18.9 Å². The van der Waals surface area contributed by atoms with Crippen LogP contribution in [0, 0.1) is 0 Å². The number of carbonyl (C=O) groups is 2. The second kappa shape index (κ2) is 13.6. The van der Waals surface area contributed by atoms with Crippen molar-refractivity contribution < 1.29 is 33.3 Å². The van der Waals surface area contributed by atoms with E-state index in [1.807, 2.05) is 54.6 Å². The Morgan fingerprint density at radius 1 is 0.810 bits per heavy atom. The van der Waals surface area contributed by atoms with Crippen molar-refractivity contribution in [3.05, 3.63) is 83.4 Å². The first-order valence-electron chi connectivity index (χ1n) is 14.4. The fraction of sp³-hybridized carbons (Fsp3) is 0.353. The maximum Gasteiger partial charge on any atom is 0.308 e. The fourth-order valence-electron chi connectivity index (χ4n) is 5.50. The van der Waals surface area contributed by atoms with E-state index in [9.17, 15) is 9.59 Å². The van der Waals surface area contributed by atoms with Crippen LogP contribution in [0.15, 0.2) is 66.7 Å². The number of rotatable bonds is 11. The lowest BCUT2D eigenvalue weighted by molar-refractivity contribution is -0.148. The van der Waals surface area contributed by atoms with Crippen molar-refractivity contribution in [1.29, 1.82) is 0 Å². The average Bonchev–Trinajstić information content (AvgIpc) is 3.67. The molecule has 1 unspecified atom stereocenters. The van der Waals surface area contributed by atoms with Crippen LogP contribution in [0.5, 0.6) is 23.0 Å². The number of hydrogen-bond acceptors (Lipinski definition) is 8. The van der Waals surface area contributed by atoms with Gasteiger partial charge >= 0.3 is 11.9 Å². The van der Waals surface area contributed by atoms with E-state index in [-0.39, 0.29) is 31.4 Å². The van der Waals surface area contributed by atoms with Crippen molar-refractivity contribution in [3.63, 3.8) is 0 Å². The normalized spacial score (nSPS) is 15.6. The standard InChI is InChI=1S/C34H37NO7/c1-4-31(27-11-16-32-33(19-27)40-22-39-32)34(26-9-14-29(15-10-26)41-23(2)36)25-7-12-28(13-8-25)38-21-30(42-24(3)37)20-35-17-5-6-18-35/h7-16,19,30H,4-6,17-18,20-22H2,1-3H3. The Morgan fingerprint density at radius 2 is 1.43 bits per heavy atom. The maximum absolute atomic E-state index is 11.7. The highest BCUT2D eigenvalue weighted by Gasteiger charge is 2.21. The molecule has 42 heavy (non-hydrogen) atoms. The molecule has 220 valence electrons. The molecular weight excluding hydrogens is 534 g/mol. The molecule has 1 fully saturated rings. The molecule has 0 aromatic heterocycles. The van der Waals surface area contributed by atoms with E-state index < -0.39 is 0 Å². The second-order valence-electron chi connectivity index (χ2n) is 10.5. The molecule has 5 rings (SSSR count). The van der Waals surface area contributed by atoms with Gasteiger partial charge in [-0.25, -0.2) is 0 Å². The zero-order chi connectivity index (χ0) is 29.5. The van der Waals surface area contributed by atoms with E-state index in [0.717, 1.165) is 58.8 Å². The summed E-state index contributed by atoms with van der Waals surface area (Å²) in [6, 6.07) is 21.5. The van der Waals surface area contributed by atoms with Crippen molar-refractivity contribution in [2.75, 3.05) is 33.0 Å². The average molecular weight is 572 g/mol. The minimum atomic E-state index is -0.361. The zero-order valence-electron chi connectivity index (χ0n) is 24.4. The summed E-state index contributed by atoms with van der Waals surface area (Å²) in [5, 5.41) is 0. The Bertz CT molecular complexity index is 1420. The molecule has 8 heteroatoms. The monoisotopic (exact) mass is 571 g/mol. The Kier molecular flexibility index (Phi) is 9.44. The summed E-state index contributed by atoms with van der Waals surface area (Å²) in [5.74, 6) is 1.99. The molecule has 0 N–H and O–H groups in total. The molecule has 8 nitrogen and oxygen atoms in total. The number of ether oxygens (including phenoxy) is 5. The van der Waals surface area contributed by atoms with Crippen molar-refractivity contribution in [3.8, 4) is 23.0 Å². The van der Waals surface area contributed by atoms with Gasteiger partial charge in [-0.3, -0.25) is 14.5 Å². The largest absolute Gasteiger partial charge is 0.490 e. The number of nitrogens with zero attached hydrogens (tertiary/aromatic N) is 1. The summed E-state index contributed by atoms with van der Waals surface area (Å²) in [4.78, 5) is 25.5. The molecule has 1 atom stereocenters. The third-order valence-corrected chi connectivity index (χ3v) is 7.35. The predicted octanol–water partition coefficient (Wildman–Crippen LogP) is 6.12. The topological polar surface area (TPSA) is 83.5 Å². The SMILES string of the molecule is CCC(=C(c1ccc(OCC(CN2CCCC2)OC(C)=O)cc1)c1ccc(OC(C)=O)cc1)c1ccc2c(c1)OCO2. The van der Waals surface area contributed by atoms with E-state index in [1.54, 1.807) is 12.1 Å². The molecule has 2 heterocycles. The second-order valence-corrected chi connectivity index (χ2v) is 10.5. The molecule has 0 radical (unpaired) electrons. The van der Waals surface area contributed by atoms with Crippen LogP contribution in [0.1, 0.15) is 56.7 Å². The van der Waals surface area contributed by atoms with Gasteiger partial charge in [0, 0.05) is 20.4 Å². The van der Waals surface area contributed by atoms with E-state index in [1.165, 1.54) is 26.7 Å². The summed E-state index contributed by atoms with van der Waals surface area (Å²) >= 11 is 0. The van der Waals surface area contributed by atoms with Gasteiger partial charge < -0.3 is 23.7 Å². The van der Waals surface area contributed by atoms with Crippen LogP contribution in [0.25, 0.3) is 11.1 Å². The highest BCUT2D eigenvalue weighted by atomic mass is 16.7. The van der Waals surface area contributed by atoms with Crippen LogP contribution >= 0.6 is 0 Å². The third kappa shape index (κ3) is 7.31. The fourth-order valence-corrected chi connectivity index (χ4v) is 5.50. The first kappa shape index (κ1) is 29.2. The van der Waals surface area contributed by atoms with Crippen LogP contribution in [0.2, 0.25) is 0 Å². The quantitative estimate of drug-likeness (QED) is 0.155. The maximum atomic E-state index is 11.7. The third-order valence-electron chi connectivity index (χ3n) is 7.35. The van der Waals surface area contributed by atoms with Crippen LogP contribution in [0.3, 0.4) is 0 Å². The van der Waals surface area contributed by atoms with Gasteiger partial charge in [-0.05, 0) is 96.6 Å². The van der Waals surface area contributed by atoms with E-state index in [2.05, 4.69) is 11.8 Å². The first-order chi connectivity index (χ1) is 20.4. The summed E-state index contributed by atoms with van der Waals surface area (Å²) in [6.07, 6.45) is 2.77. The highest BCUT2D eigenvalue weighted by Crippen LogP contribution is 2.40. The zero-order valence-corrected chi connectivity index (χ0v) is 24.4. The van der Waals surface area contributed by atoms with Crippen molar-refractivity contribution in [2.24, 2.45) is 0 Å². The lowest BCUT2D eigenvalue weighted by Gasteiger charge is -2.23. The number of carbonyl (C=O) groups excluding carboxylic acids is 2. The summed E-state index contributed by atoms with van der Waals surface area (Å²) < 4.78 is 28.1. The lowest BCUT2D eigenvalue weighted by Crippen LogP contribution is -2.36. The summed E-state index contributed by atoms with van der Waals surface area (Å²) in [7, 11) is 0. The summed E-state index contributed by atoms with van der Waals surface area (Å²) in [5.41, 5.74) is 5.19. The Hall–Kier alpha value is -4.30. The van der Waals surface area contributed by atoms with Crippen LogP contribution in [-0.2, 0) is 14.3 Å². The molecule has 0 spiro atoms. The molecule has 0 saturated carbocycles. The molecule has 2 aliphatic rings. The van der Waals surface area contributed by atoms with E-state index in [0.29, 0.717) is 18.0 Å². The van der Waals surface area contributed by atoms with Crippen molar-refractivity contribution in [2.45, 2.75) is 46.1 Å². The molecular formula is C34H37NO7. The number of fused-ring (bicyclic) bond motifs is 1. The Morgan fingerprint density at radius 3 is 2.05 bits per heavy atom. The molecule has 1 saturated heterocycles. The van der Waals surface area contributed by atoms with Crippen LogP contribution in [0.4, 0.5) is 0 Å². The van der Waals surface area contributed by atoms with Gasteiger partial charge in [0.25, 0.3) is 0 Å². The van der Waals surface area contributed by atoms with Gasteiger partial charge in [0.15, 0.2) is 11.5 Å². The number of benzene rings is 3. The smallest absolute Gasteiger partial charge is 0.308 e. The van der Waals surface area contributed by atoms with Crippen LogP contribution in [-0.4, -0.2) is 56.0 Å². The lowest BCUT2D eigenvalue weighted by atomic mass is 9.88. The van der Waals surface area contributed by atoms with E-state index in [4.69, 9.17) is 23.7 Å². The van der Waals surface area contributed by atoms with Gasteiger partial charge in [0.2, 0.25) is 6.79 Å². The summed E-state index contributed by atoms with van der Waals surface area (Å²) in [6.45, 7) is 8.16. The number of allylic oxidation sites excluding steroid dienone is 1. The minimum absolute atomic E-state index is 0.215. The number of esters is 2. The minimum Gasteiger partial charge on any atom is -0.490 e. The molecule has 3 aromatic carbocycles. The molecule has 0 bridgehead atoms. The van der Waals surface area contributed by atoms with E-state index >= 15 is 0 Å². The molecule has 0 amide bonds. The Balaban J connectivity index is 1.43. The Labute approximate surface area is 246 Å². The van der Waals surface area contributed by atoms with Gasteiger partial charge in [-0.1, -0.05) is 37.3 Å². The van der Waals surface area contributed by atoms with Crippen molar-refractivity contribution >= 4 is 23.1 Å². The number of likely N-dealkylation sites (tertiary alicyclic amines) is 1. The predicted molar refractivity (Wildman–Crippen MR) is 160 cm³/mol. The van der Waals surface area contributed by atoms with Crippen molar-refractivity contribution in [1.82, 2.24) is 4.90 Å². The van der Waals surface area contributed by atoms with Gasteiger partial charge in [0.05, 0.1) is 0 Å². The van der Waals surface area contributed by atoms with Gasteiger partial charge in [-0.15, -0.1) is 0 Å². The van der Waals surface area contributed by atoms with Gasteiger partial charge in [0.1, 0.15) is 24.2 Å². The van der Waals surface area contributed by atoms with Gasteiger partial charge in [-0.2, -0.15) is 0 Å². The molecule has 0 aliphatic carbocycles.